The highest BCUT2D eigenvalue weighted by atomic mass is 19.4. The zero-order valence-electron chi connectivity index (χ0n) is 17.9. The van der Waals surface area contributed by atoms with Crippen molar-refractivity contribution >= 4 is 16.9 Å². The third kappa shape index (κ3) is 4.89. The summed E-state index contributed by atoms with van der Waals surface area (Å²) >= 11 is 0. The van der Waals surface area contributed by atoms with Crippen LogP contribution in [-0.2, 0) is 23.9 Å². The standard InChI is InChI=1S/C24H26F3N3O2/c1-2-32-19-9-7-17(8-10-19)15-22(31)29-13-11-18(12-14-29)16-30-21-6-4-3-5-20(21)28-23(30)24(25,26)27/h3-10,18H,2,11-16H2,1H3. The van der Waals surface area contributed by atoms with Crippen LogP contribution in [0.2, 0.25) is 0 Å². The Morgan fingerprint density at radius 2 is 1.78 bits per heavy atom. The largest absolute Gasteiger partial charge is 0.494 e. The van der Waals surface area contributed by atoms with E-state index in [1.54, 1.807) is 24.3 Å². The first-order valence-corrected chi connectivity index (χ1v) is 10.9. The molecule has 0 unspecified atom stereocenters. The Bertz CT molecular complexity index is 1070. The van der Waals surface area contributed by atoms with Crippen LogP contribution in [0.25, 0.3) is 11.0 Å². The number of alkyl halides is 3. The molecule has 0 bridgehead atoms. The van der Waals surface area contributed by atoms with Gasteiger partial charge in [-0.25, -0.2) is 4.98 Å². The first-order chi connectivity index (χ1) is 15.3. The summed E-state index contributed by atoms with van der Waals surface area (Å²) in [6, 6.07) is 14.2. The summed E-state index contributed by atoms with van der Waals surface area (Å²) in [5.74, 6) is 0.0161. The minimum atomic E-state index is -4.51. The summed E-state index contributed by atoms with van der Waals surface area (Å²) in [4.78, 5) is 18.3. The molecule has 8 heteroatoms. The van der Waals surface area contributed by atoms with Crippen molar-refractivity contribution in [3.8, 4) is 5.75 Å². The molecular formula is C24H26F3N3O2. The lowest BCUT2D eigenvalue weighted by Gasteiger charge is -2.32. The van der Waals surface area contributed by atoms with Gasteiger partial charge < -0.3 is 14.2 Å². The van der Waals surface area contributed by atoms with Crippen molar-refractivity contribution in [2.75, 3.05) is 19.7 Å². The van der Waals surface area contributed by atoms with E-state index in [0.29, 0.717) is 50.0 Å². The molecule has 2 aromatic carbocycles. The van der Waals surface area contributed by atoms with E-state index in [1.807, 2.05) is 36.1 Å². The minimum Gasteiger partial charge on any atom is -0.494 e. The van der Waals surface area contributed by atoms with Crippen molar-refractivity contribution in [3.63, 3.8) is 0 Å². The van der Waals surface area contributed by atoms with E-state index >= 15 is 0 Å². The average molecular weight is 445 g/mol. The maximum atomic E-state index is 13.5. The molecule has 0 spiro atoms. The predicted octanol–water partition coefficient (Wildman–Crippen LogP) is 4.94. The van der Waals surface area contributed by atoms with Gasteiger partial charge in [0.1, 0.15) is 5.75 Å². The van der Waals surface area contributed by atoms with Crippen molar-refractivity contribution in [3.05, 3.63) is 59.9 Å². The molecule has 4 rings (SSSR count). The molecule has 1 fully saturated rings. The van der Waals surface area contributed by atoms with Gasteiger partial charge in [0, 0.05) is 19.6 Å². The molecule has 0 aliphatic carbocycles. The van der Waals surface area contributed by atoms with Gasteiger partial charge in [0.05, 0.1) is 24.1 Å². The van der Waals surface area contributed by atoms with Crippen LogP contribution in [0.4, 0.5) is 13.2 Å². The van der Waals surface area contributed by atoms with Gasteiger partial charge in [-0.05, 0) is 55.5 Å². The highest BCUT2D eigenvalue weighted by molar-refractivity contribution is 5.79. The fourth-order valence-electron chi connectivity index (χ4n) is 4.26. The molecule has 0 N–H and O–H groups in total. The number of amides is 1. The maximum absolute atomic E-state index is 13.5. The number of benzene rings is 2. The number of hydrogen-bond acceptors (Lipinski definition) is 3. The number of likely N-dealkylation sites (tertiary alicyclic amines) is 1. The van der Waals surface area contributed by atoms with Crippen LogP contribution >= 0.6 is 0 Å². The van der Waals surface area contributed by atoms with Crippen LogP contribution in [-0.4, -0.2) is 40.1 Å². The fourth-order valence-corrected chi connectivity index (χ4v) is 4.26. The van der Waals surface area contributed by atoms with Crippen molar-refractivity contribution in [1.29, 1.82) is 0 Å². The van der Waals surface area contributed by atoms with Gasteiger partial charge in [0.2, 0.25) is 11.7 Å². The number of imidazole rings is 1. The van der Waals surface area contributed by atoms with E-state index in [2.05, 4.69) is 4.98 Å². The van der Waals surface area contributed by atoms with Gasteiger partial charge in [-0.1, -0.05) is 24.3 Å². The van der Waals surface area contributed by atoms with Gasteiger partial charge >= 0.3 is 6.18 Å². The minimum absolute atomic E-state index is 0.0386. The SMILES string of the molecule is CCOc1ccc(CC(=O)N2CCC(Cn3c(C(F)(F)F)nc4ccccc43)CC2)cc1. The summed E-state index contributed by atoms with van der Waals surface area (Å²) in [5.41, 5.74) is 1.76. The number of aromatic nitrogens is 2. The smallest absolute Gasteiger partial charge is 0.449 e. The third-order valence-electron chi connectivity index (χ3n) is 5.91. The molecule has 2 heterocycles. The summed E-state index contributed by atoms with van der Waals surface area (Å²) < 4.78 is 47.3. The number of hydrogen-bond donors (Lipinski definition) is 0. The molecule has 1 saturated heterocycles. The van der Waals surface area contributed by atoms with E-state index in [9.17, 15) is 18.0 Å². The number of nitrogens with zero attached hydrogens (tertiary/aromatic N) is 3. The van der Waals surface area contributed by atoms with Crippen molar-refractivity contribution in [2.24, 2.45) is 5.92 Å². The third-order valence-corrected chi connectivity index (χ3v) is 5.91. The molecule has 1 amide bonds. The number of piperidine rings is 1. The van der Waals surface area contributed by atoms with Gasteiger partial charge in [-0.15, -0.1) is 0 Å². The number of halogens is 3. The Hall–Kier alpha value is -3.03. The summed E-state index contributed by atoms with van der Waals surface area (Å²) in [6.07, 6.45) is -2.87. The van der Waals surface area contributed by atoms with Crippen LogP contribution in [0.1, 0.15) is 31.2 Å². The molecule has 32 heavy (non-hydrogen) atoms. The Labute approximate surface area is 184 Å². The molecular weight excluding hydrogens is 419 g/mol. The van der Waals surface area contributed by atoms with Crippen LogP contribution in [0.15, 0.2) is 48.5 Å². The second-order valence-electron chi connectivity index (χ2n) is 8.11. The first kappa shape index (κ1) is 22.2. The zero-order valence-corrected chi connectivity index (χ0v) is 17.9. The summed E-state index contributed by atoms with van der Waals surface area (Å²) in [6.45, 7) is 3.85. The summed E-state index contributed by atoms with van der Waals surface area (Å²) in [5, 5.41) is 0. The fraction of sp³-hybridized carbons (Fsp3) is 0.417. The van der Waals surface area contributed by atoms with Gasteiger partial charge in [-0.3, -0.25) is 4.79 Å². The van der Waals surface area contributed by atoms with E-state index < -0.39 is 12.0 Å². The molecule has 1 aliphatic heterocycles. The highest BCUT2D eigenvalue weighted by Gasteiger charge is 2.38. The number of carbonyl (C=O) groups excluding carboxylic acids is 1. The molecule has 0 atom stereocenters. The van der Waals surface area contributed by atoms with E-state index in [0.717, 1.165) is 11.3 Å². The molecule has 170 valence electrons. The molecule has 5 nitrogen and oxygen atoms in total. The average Bonchev–Trinajstić information content (AvgIpc) is 3.15. The Morgan fingerprint density at radius 3 is 2.44 bits per heavy atom. The van der Waals surface area contributed by atoms with Gasteiger partial charge in [0.15, 0.2) is 0 Å². The zero-order chi connectivity index (χ0) is 22.7. The second kappa shape index (κ2) is 9.22. The summed E-state index contributed by atoms with van der Waals surface area (Å²) in [7, 11) is 0. The second-order valence-corrected chi connectivity index (χ2v) is 8.11. The number of fused-ring (bicyclic) bond motifs is 1. The predicted molar refractivity (Wildman–Crippen MR) is 115 cm³/mol. The number of ether oxygens (including phenoxy) is 1. The van der Waals surface area contributed by atoms with E-state index in [1.165, 1.54) is 4.57 Å². The van der Waals surface area contributed by atoms with Gasteiger partial charge in [0.25, 0.3) is 0 Å². The van der Waals surface area contributed by atoms with Crippen molar-refractivity contribution < 1.29 is 22.7 Å². The van der Waals surface area contributed by atoms with Crippen molar-refractivity contribution in [2.45, 2.75) is 38.9 Å². The van der Waals surface area contributed by atoms with Gasteiger partial charge in [-0.2, -0.15) is 13.2 Å². The lowest BCUT2D eigenvalue weighted by molar-refractivity contribution is -0.147. The lowest BCUT2D eigenvalue weighted by Crippen LogP contribution is -2.40. The van der Waals surface area contributed by atoms with E-state index in [-0.39, 0.29) is 18.4 Å². The monoisotopic (exact) mass is 445 g/mol. The molecule has 3 aromatic rings. The Balaban J connectivity index is 1.38. The topological polar surface area (TPSA) is 47.4 Å². The normalized spacial score (nSPS) is 15.3. The van der Waals surface area contributed by atoms with Crippen LogP contribution in [0, 0.1) is 5.92 Å². The van der Waals surface area contributed by atoms with E-state index in [4.69, 9.17) is 4.74 Å². The number of rotatable bonds is 6. The lowest BCUT2D eigenvalue weighted by atomic mass is 9.96. The van der Waals surface area contributed by atoms with Crippen LogP contribution in [0.3, 0.4) is 0 Å². The molecule has 0 radical (unpaired) electrons. The Kier molecular flexibility index (Phi) is 6.39. The Morgan fingerprint density at radius 1 is 1.09 bits per heavy atom. The first-order valence-electron chi connectivity index (χ1n) is 10.9. The number of carbonyl (C=O) groups is 1. The van der Waals surface area contributed by atoms with Crippen LogP contribution in [0.5, 0.6) is 5.75 Å². The molecule has 0 saturated carbocycles. The number of para-hydroxylation sites is 2. The molecule has 1 aromatic heterocycles. The highest BCUT2D eigenvalue weighted by Crippen LogP contribution is 2.33. The quantitative estimate of drug-likeness (QED) is 0.540. The van der Waals surface area contributed by atoms with Crippen LogP contribution < -0.4 is 4.74 Å². The maximum Gasteiger partial charge on any atom is 0.449 e. The van der Waals surface area contributed by atoms with Crippen molar-refractivity contribution in [1.82, 2.24) is 14.5 Å². The molecule has 1 aliphatic rings.